The molecule has 1 atom stereocenters. The van der Waals surface area contributed by atoms with Crippen molar-refractivity contribution in [2.75, 3.05) is 69.7 Å². The number of likely N-dealkylation sites (N-methyl/N-ethyl adjacent to an activating group) is 1. The summed E-state index contributed by atoms with van der Waals surface area (Å²) < 4.78 is 5.45. The van der Waals surface area contributed by atoms with Crippen molar-refractivity contribution in [1.29, 1.82) is 0 Å². The molecule has 4 aliphatic rings. The maximum absolute atomic E-state index is 5.52. The molecule has 4 heterocycles. The highest BCUT2D eigenvalue weighted by Crippen LogP contribution is 2.26. The van der Waals surface area contributed by atoms with Gasteiger partial charge in [0.15, 0.2) is 5.84 Å². The summed E-state index contributed by atoms with van der Waals surface area (Å²) in [6, 6.07) is 9.45. The van der Waals surface area contributed by atoms with E-state index >= 15 is 0 Å². The van der Waals surface area contributed by atoms with Crippen LogP contribution in [0.5, 0.6) is 0 Å². The number of amidine groups is 1. The van der Waals surface area contributed by atoms with Crippen LogP contribution in [0.3, 0.4) is 0 Å². The minimum Gasteiger partial charge on any atom is -0.381 e. The normalized spacial score (nSPS) is 26.6. The zero-order chi connectivity index (χ0) is 21.8. The van der Waals surface area contributed by atoms with Gasteiger partial charge in [0.05, 0.1) is 0 Å². The lowest BCUT2D eigenvalue weighted by Crippen LogP contribution is -2.52. The van der Waals surface area contributed by atoms with Crippen molar-refractivity contribution in [3.05, 3.63) is 24.3 Å². The molecule has 3 fully saturated rings. The molecule has 8 heteroatoms. The molecule has 8 nitrogen and oxygen atoms in total. The number of hydrogen-bond acceptors (Lipinski definition) is 8. The number of nitrogens with one attached hydrogen (secondary N) is 1. The molecule has 0 aliphatic carbocycles. The van der Waals surface area contributed by atoms with Gasteiger partial charge in [0.25, 0.3) is 0 Å². The molecule has 1 N–H and O–H groups in total. The van der Waals surface area contributed by atoms with E-state index in [1.165, 1.54) is 44.7 Å². The fourth-order valence-corrected chi connectivity index (χ4v) is 5.17. The van der Waals surface area contributed by atoms with Gasteiger partial charge < -0.3 is 24.7 Å². The summed E-state index contributed by atoms with van der Waals surface area (Å²) in [5, 5.41) is 7.47. The average molecular weight is 441 g/mol. The molecule has 0 spiro atoms. The highest BCUT2D eigenvalue weighted by molar-refractivity contribution is 6.34. The summed E-state index contributed by atoms with van der Waals surface area (Å²) in [6.07, 6.45) is 5.89. The Morgan fingerprint density at radius 3 is 2.34 bits per heavy atom. The van der Waals surface area contributed by atoms with Crippen molar-refractivity contribution in [2.45, 2.75) is 38.0 Å². The second-order valence-electron chi connectivity index (χ2n) is 9.42. The first-order valence-electron chi connectivity index (χ1n) is 12.1. The molecular weight excluding hydrogens is 404 g/mol. The quantitative estimate of drug-likeness (QED) is 0.776. The van der Waals surface area contributed by atoms with E-state index in [1.54, 1.807) is 6.21 Å². The molecular formula is C24H36N6O2. The van der Waals surface area contributed by atoms with Crippen LogP contribution in [0.1, 0.15) is 25.7 Å². The first-order valence-corrected chi connectivity index (χ1v) is 12.1. The van der Waals surface area contributed by atoms with Crippen LogP contribution in [0.4, 0.5) is 11.4 Å². The van der Waals surface area contributed by atoms with E-state index < -0.39 is 0 Å². The van der Waals surface area contributed by atoms with Crippen LogP contribution in [0, 0.1) is 5.92 Å². The molecule has 32 heavy (non-hydrogen) atoms. The predicted molar refractivity (Wildman–Crippen MR) is 129 cm³/mol. The van der Waals surface area contributed by atoms with E-state index in [0.29, 0.717) is 5.92 Å². The minimum atomic E-state index is -0.215. The van der Waals surface area contributed by atoms with Crippen molar-refractivity contribution in [2.24, 2.45) is 16.1 Å². The van der Waals surface area contributed by atoms with Gasteiger partial charge in [-0.25, -0.2) is 4.99 Å². The number of benzene rings is 1. The molecule has 4 aliphatic heterocycles. The van der Waals surface area contributed by atoms with Crippen LogP contribution in [0.2, 0.25) is 0 Å². The van der Waals surface area contributed by atoms with E-state index in [-0.39, 0.29) is 6.23 Å². The van der Waals surface area contributed by atoms with Gasteiger partial charge in [-0.1, -0.05) is 5.16 Å². The third kappa shape index (κ3) is 5.24. The lowest BCUT2D eigenvalue weighted by molar-refractivity contribution is -0.0285. The maximum atomic E-state index is 5.52. The van der Waals surface area contributed by atoms with E-state index in [9.17, 15) is 0 Å². The van der Waals surface area contributed by atoms with Gasteiger partial charge in [-0.3, -0.25) is 4.90 Å². The molecule has 0 amide bonds. The van der Waals surface area contributed by atoms with Crippen LogP contribution >= 0.6 is 0 Å². The summed E-state index contributed by atoms with van der Waals surface area (Å²) in [5.41, 5.74) is 2.33. The second-order valence-corrected chi connectivity index (χ2v) is 9.42. The molecule has 1 unspecified atom stereocenters. The third-order valence-electron chi connectivity index (χ3n) is 7.30. The van der Waals surface area contributed by atoms with Crippen molar-refractivity contribution >= 4 is 23.4 Å². The number of aliphatic imine (C=N–C) groups is 1. The Bertz CT molecular complexity index is 791. The first kappa shape index (κ1) is 21.7. The molecule has 0 radical (unpaired) electrons. The van der Waals surface area contributed by atoms with Crippen LogP contribution in [0.15, 0.2) is 34.4 Å². The summed E-state index contributed by atoms with van der Waals surface area (Å²) in [7, 11) is 2.23. The van der Waals surface area contributed by atoms with E-state index in [0.717, 1.165) is 56.7 Å². The number of anilines is 2. The van der Waals surface area contributed by atoms with Crippen molar-refractivity contribution in [3.8, 4) is 0 Å². The molecule has 1 aromatic rings. The molecule has 0 aromatic heterocycles. The van der Waals surface area contributed by atoms with Crippen molar-refractivity contribution < 1.29 is 9.57 Å². The van der Waals surface area contributed by atoms with Gasteiger partial charge in [-0.05, 0) is 57.0 Å². The SMILES string of the molecule is CN1CCN(C2CCN(c3ccc(NC4=NC(C5CCOCC5)ON=C4)cc3)CC2)CC1. The van der Waals surface area contributed by atoms with Gasteiger partial charge in [0.2, 0.25) is 6.23 Å². The smallest absolute Gasteiger partial charge is 0.222 e. The summed E-state index contributed by atoms with van der Waals surface area (Å²) >= 11 is 0. The summed E-state index contributed by atoms with van der Waals surface area (Å²) in [4.78, 5) is 17.9. The Hall–Kier alpha value is -2.16. The van der Waals surface area contributed by atoms with Crippen LogP contribution in [-0.4, -0.2) is 93.6 Å². The lowest BCUT2D eigenvalue weighted by atomic mass is 9.98. The third-order valence-corrected chi connectivity index (χ3v) is 7.30. The molecule has 0 saturated carbocycles. The number of ether oxygens (including phenoxy) is 1. The van der Waals surface area contributed by atoms with Crippen LogP contribution < -0.4 is 10.2 Å². The minimum absolute atomic E-state index is 0.215. The predicted octanol–water partition coefficient (Wildman–Crippen LogP) is 2.48. The van der Waals surface area contributed by atoms with Crippen molar-refractivity contribution in [1.82, 2.24) is 9.80 Å². The fraction of sp³-hybridized carbons (Fsp3) is 0.667. The Balaban J connectivity index is 1.13. The van der Waals surface area contributed by atoms with Gasteiger partial charge in [0.1, 0.15) is 6.21 Å². The first-order chi connectivity index (χ1) is 15.7. The number of oxime groups is 1. The average Bonchev–Trinajstić information content (AvgIpc) is 2.86. The van der Waals surface area contributed by atoms with E-state index in [2.05, 4.69) is 56.5 Å². The lowest BCUT2D eigenvalue weighted by Gasteiger charge is -2.42. The Labute approximate surface area is 191 Å². The van der Waals surface area contributed by atoms with Gasteiger partial charge >= 0.3 is 0 Å². The number of nitrogens with zero attached hydrogens (tertiary/aromatic N) is 5. The topological polar surface area (TPSA) is 64.9 Å². The highest BCUT2D eigenvalue weighted by Gasteiger charge is 2.28. The second kappa shape index (κ2) is 10.2. The van der Waals surface area contributed by atoms with Crippen LogP contribution in [-0.2, 0) is 9.57 Å². The Morgan fingerprint density at radius 2 is 1.62 bits per heavy atom. The largest absolute Gasteiger partial charge is 0.381 e. The summed E-state index contributed by atoms with van der Waals surface area (Å²) in [5.74, 6) is 1.13. The number of piperazine rings is 1. The zero-order valence-electron chi connectivity index (χ0n) is 19.2. The number of rotatable bonds is 4. The van der Waals surface area contributed by atoms with Gasteiger partial charge in [0, 0.05) is 75.8 Å². The monoisotopic (exact) mass is 440 g/mol. The van der Waals surface area contributed by atoms with E-state index in [1.807, 2.05) is 0 Å². The van der Waals surface area contributed by atoms with Gasteiger partial charge in [-0.15, -0.1) is 0 Å². The van der Waals surface area contributed by atoms with Crippen LogP contribution in [0.25, 0.3) is 0 Å². The number of piperidine rings is 1. The standard InChI is InChI=1S/C24H36N6O2/c1-28-12-14-30(15-13-28)22-6-10-29(11-7-22)21-4-2-20(3-5-21)26-23-18-25-32-24(27-23)19-8-16-31-17-9-19/h2-5,18-19,22,24H,6-17H2,1H3,(H,26,27). The molecule has 5 rings (SSSR count). The molecule has 1 aromatic carbocycles. The van der Waals surface area contributed by atoms with E-state index in [4.69, 9.17) is 14.6 Å². The Kier molecular flexibility index (Phi) is 6.90. The number of hydrogen-bond donors (Lipinski definition) is 1. The molecule has 174 valence electrons. The molecule has 0 bridgehead atoms. The highest BCUT2D eigenvalue weighted by atomic mass is 16.6. The molecule has 3 saturated heterocycles. The summed E-state index contributed by atoms with van der Waals surface area (Å²) in [6.45, 7) is 8.66. The Morgan fingerprint density at radius 1 is 0.906 bits per heavy atom. The zero-order valence-corrected chi connectivity index (χ0v) is 19.2. The van der Waals surface area contributed by atoms with Crippen molar-refractivity contribution in [3.63, 3.8) is 0 Å². The fourth-order valence-electron chi connectivity index (χ4n) is 5.17. The maximum Gasteiger partial charge on any atom is 0.222 e. The van der Waals surface area contributed by atoms with Gasteiger partial charge in [-0.2, -0.15) is 0 Å².